The van der Waals surface area contributed by atoms with E-state index in [9.17, 15) is 4.79 Å². The van der Waals surface area contributed by atoms with Crippen molar-refractivity contribution in [1.82, 2.24) is 0 Å². The van der Waals surface area contributed by atoms with Crippen molar-refractivity contribution in [3.05, 3.63) is 47.0 Å². The van der Waals surface area contributed by atoms with Crippen molar-refractivity contribution < 1.29 is 14.3 Å². The zero-order valence-corrected chi connectivity index (χ0v) is 14.7. The molecule has 1 spiro atoms. The van der Waals surface area contributed by atoms with Gasteiger partial charge in [0.05, 0.1) is 0 Å². The summed E-state index contributed by atoms with van der Waals surface area (Å²) < 4.78 is 12.9. The quantitative estimate of drug-likeness (QED) is 0.579. The van der Waals surface area contributed by atoms with E-state index in [1.165, 1.54) is 5.57 Å². The zero-order chi connectivity index (χ0) is 16.9. The van der Waals surface area contributed by atoms with Crippen LogP contribution in [0.1, 0.15) is 69.5 Å². The molecule has 1 aromatic carbocycles. The number of ether oxygens (including phenoxy) is 2. The van der Waals surface area contributed by atoms with Crippen molar-refractivity contribution in [2.45, 2.75) is 65.0 Å². The lowest BCUT2D eigenvalue weighted by atomic mass is 9.63. The summed E-state index contributed by atoms with van der Waals surface area (Å²) >= 11 is 0. The number of carbonyl (C=O) groups is 1. The van der Waals surface area contributed by atoms with Crippen LogP contribution in [0.3, 0.4) is 0 Å². The first-order valence-corrected chi connectivity index (χ1v) is 8.31. The highest BCUT2D eigenvalue weighted by atomic mass is 16.8. The van der Waals surface area contributed by atoms with Gasteiger partial charge in [-0.3, -0.25) is 4.79 Å². The van der Waals surface area contributed by atoms with E-state index in [1.54, 1.807) is 0 Å². The molecule has 1 saturated heterocycles. The summed E-state index contributed by atoms with van der Waals surface area (Å²) in [6.45, 7) is 10.5. The van der Waals surface area contributed by atoms with E-state index >= 15 is 0 Å². The highest BCUT2D eigenvalue weighted by Gasteiger charge is 2.61. The molecule has 0 aromatic heterocycles. The molecule has 1 fully saturated rings. The summed E-state index contributed by atoms with van der Waals surface area (Å²) in [6, 6.07) is 7.68. The van der Waals surface area contributed by atoms with Gasteiger partial charge in [0.25, 0.3) is 0 Å². The molecule has 1 aliphatic heterocycles. The molecule has 2 atom stereocenters. The second-order valence-corrected chi connectivity index (χ2v) is 7.85. The van der Waals surface area contributed by atoms with Gasteiger partial charge in [0, 0.05) is 11.0 Å². The van der Waals surface area contributed by atoms with Gasteiger partial charge >= 0.3 is 0 Å². The number of carbonyl (C=O) groups excluding carboxylic acids is 1. The van der Waals surface area contributed by atoms with Gasteiger partial charge in [-0.2, -0.15) is 0 Å². The summed E-state index contributed by atoms with van der Waals surface area (Å²) in [6.07, 6.45) is 4.84. The summed E-state index contributed by atoms with van der Waals surface area (Å²) in [5, 5.41) is 0. The van der Waals surface area contributed by atoms with Gasteiger partial charge in [-0.15, -0.1) is 0 Å². The maximum atomic E-state index is 11.5. The van der Waals surface area contributed by atoms with E-state index in [1.807, 2.05) is 38.1 Å². The summed E-state index contributed by atoms with van der Waals surface area (Å²) in [5.74, 6) is -0.670. The van der Waals surface area contributed by atoms with Gasteiger partial charge in [0.15, 0.2) is 5.79 Å². The SMILES string of the molecule is CC1=CC(C)(C)[C@]2(CC1)OC(C)(C)O[C@H]2c1ccccc1C=O. The average molecular weight is 314 g/mol. The monoisotopic (exact) mass is 314 g/mol. The summed E-state index contributed by atoms with van der Waals surface area (Å²) in [7, 11) is 0. The fourth-order valence-corrected chi connectivity index (χ4v) is 4.23. The van der Waals surface area contributed by atoms with Gasteiger partial charge in [-0.1, -0.05) is 49.8 Å². The van der Waals surface area contributed by atoms with Crippen LogP contribution < -0.4 is 0 Å². The molecule has 23 heavy (non-hydrogen) atoms. The minimum Gasteiger partial charge on any atom is -0.340 e. The second kappa shape index (κ2) is 5.29. The van der Waals surface area contributed by atoms with E-state index < -0.39 is 11.4 Å². The highest BCUT2D eigenvalue weighted by molar-refractivity contribution is 5.77. The maximum absolute atomic E-state index is 11.5. The Kier molecular flexibility index (Phi) is 3.77. The molecule has 124 valence electrons. The third-order valence-corrected chi connectivity index (χ3v) is 5.25. The Hall–Kier alpha value is -1.45. The van der Waals surface area contributed by atoms with Crippen LogP contribution >= 0.6 is 0 Å². The van der Waals surface area contributed by atoms with E-state index in [0.717, 1.165) is 24.7 Å². The Morgan fingerprint density at radius 3 is 2.52 bits per heavy atom. The molecule has 3 heteroatoms. The predicted octanol–water partition coefficient (Wildman–Crippen LogP) is 4.83. The zero-order valence-electron chi connectivity index (χ0n) is 14.7. The molecule has 2 aliphatic rings. The summed E-state index contributed by atoms with van der Waals surface area (Å²) in [4.78, 5) is 11.5. The summed E-state index contributed by atoms with van der Waals surface area (Å²) in [5.41, 5.74) is 2.35. The Bertz CT molecular complexity index is 657. The predicted molar refractivity (Wildman–Crippen MR) is 90.3 cm³/mol. The van der Waals surface area contributed by atoms with Crippen LogP contribution in [0.15, 0.2) is 35.9 Å². The van der Waals surface area contributed by atoms with Crippen LogP contribution in [0, 0.1) is 5.41 Å². The Labute approximate surface area is 138 Å². The van der Waals surface area contributed by atoms with Crippen LogP contribution in [0.4, 0.5) is 0 Å². The van der Waals surface area contributed by atoms with Gasteiger partial charge < -0.3 is 9.47 Å². The van der Waals surface area contributed by atoms with Crippen LogP contribution in [-0.2, 0) is 9.47 Å². The van der Waals surface area contributed by atoms with Gasteiger partial charge in [0.2, 0.25) is 0 Å². The number of benzene rings is 1. The molecule has 3 nitrogen and oxygen atoms in total. The molecule has 1 aliphatic carbocycles. The molecule has 0 amide bonds. The van der Waals surface area contributed by atoms with E-state index in [4.69, 9.17) is 9.47 Å². The lowest BCUT2D eigenvalue weighted by molar-refractivity contribution is -0.183. The minimum absolute atomic E-state index is 0.177. The van der Waals surface area contributed by atoms with Crippen molar-refractivity contribution in [1.29, 1.82) is 0 Å². The molecule has 0 bridgehead atoms. The second-order valence-electron chi connectivity index (χ2n) is 7.85. The first-order chi connectivity index (χ1) is 10.7. The Morgan fingerprint density at radius 2 is 1.87 bits per heavy atom. The molecule has 3 rings (SSSR count). The standard InChI is InChI=1S/C20H26O3/c1-14-10-11-20(18(2,3)12-14)17(22-19(4,5)23-20)16-9-7-6-8-15(16)13-21/h6-9,12-13,17H,10-11H2,1-5H3/t17-,20+/m0/s1. The third kappa shape index (κ3) is 2.56. The lowest BCUT2D eigenvalue weighted by Gasteiger charge is -2.48. The molecular weight excluding hydrogens is 288 g/mol. The Balaban J connectivity index is 2.16. The fraction of sp³-hybridized carbons (Fsp3) is 0.550. The van der Waals surface area contributed by atoms with Crippen LogP contribution in [-0.4, -0.2) is 17.7 Å². The molecule has 0 unspecified atom stereocenters. The van der Waals surface area contributed by atoms with Crippen molar-refractivity contribution in [3.63, 3.8) is 0 Å². The van der Waals surface area contributed by atoms with Crippen molar-refractivity contribution >= 4 is 6.29 Å². The average Bonchev–Trinajstić information content (AvgIpc) is 2.76. The molecular formula is C20H26O3. The van der Waals surface area contributed by atoms with E-state index in [0.29, 0.717) is 5.56 Å². The normalized spacial score (nSPS) is 31.9. The number of aldehydes is 1. The first kappa shape index (κ1) is 16.4. The molecule has 1 aromatic rings. The van der Waals surface area contributed by atoms with Crippen LogP contribution in [0.25, 0.3) is 0 Å². The smallest absolute Gasteiger partial charge is 0.164 e. The van der Waals surface area contributed by atoms with E-state index in [-0.39, 0.29) is 11.5 Å². The van der Waals surface area contributed by atoms with Gasteiger partial charge in [0.1, 0.15) is 18.0 Å². The molecule has 0 radical (unpaired) electrons. The highest BCUT2D eigenvalue weighted by Crippen LogP contribution is 2.59. The fourth-order valence-electron chi connectivity index (χ4n) is 4.23. The first-order valence-electron chi connectivity index (χ1n) is 8.31. The van der Waals surface area contributed by atoms with E-state index in [2.05, 4.69) is 26.8 Å². The molecule has 1 heterocycles. The largest absolute Gasteiger partial charge is 0.340 e. The maximum Gasteiger partial charge on any atom is 0.164 e. The van der Waals surface area contributed by atoms with Crippen molar-refractivity contribution in [3.8, 4) is 0 Å². The third-order valence-electron chi connectivity index (χ3n) is 5.25. The van der Waals surface area contributed by atoms with Crippen LogP contribution in [0.5, 0.6) is 0 Å². The number of hydrogen-bond acceptors (Lipinski definition) is 3. The van der Waals surface area contributed by atoms with Gasteiger partial charge in [-0.05, 0) is 39.2 Å². The number of allylic oxidation sites excluding steroid dienone is 1. The van der Waals surface area contributed by atoms with Crippen molar-refractivity contribution in [2.75, 3.05) is 0 Å². The number of hydrogen-bond donors (Lipinski definition) is 0. The van der Waals surface area contributed by atoms with Gasteiger partial charge in [-0.25, -0.2) is 0 Å². The Morgan fingerprint density at radius 1 is 1.17 bits per heavy atom. The van der Waals surface area contributed by atoms with Crippen molar-refractivity contribution in [2.24, 2.45) is 5.41 Å². The molecule has 0 saturated carbocycles. The molecule has 0 N–H and O–H groups in total. The number of rotatable bonds is 2. The minimum atomic E-state index is -0.670. The lowest BCUT2D eigenvalue weighted by Crippen LogP contribution is -2.50. The van der Waals surface area contributed by atoms with Crippen LogP contribution in [0.2, 0.25) is 0 Å². The topological polar surface area (TPSA) is 35.5 Å².